The zero-order valence-electron chi connectivity index (χ0n) is 30.6. The van der Waals surface area contributed by atoms with Gasteiger partial charge in [-0.25, -0.2) is 0 Å². The highest BCUT2D eigenvalue weighted by molar-refractivity contribution is 5.78. The van der Waals surface area contributed by atoms with Gasteiger partial charge in [-0.1, -0.05) is 30.3 Å². The predicted octanol–water partition coefficient (Wildman–Crippen LogP) is 4.57. The molecule has 9 fully saturated rings. The second kappa shape index (κ2) is 9.68. The fourth-order valence-corrected chi connectivity index (χ4v) is 17.4. The van der Waals surface area contributed by atoms with Crippen LogP contribution in [0.15, 0.2) is 42.5 Å². The molecule has 0 bridgehead atoms. The molecule has 2 aliphatic carbocycles. The van der Waals surface area contributed by atoms with Crippen LogP contribution in [0.5, 0.6) is 5.75 Å². The molecule has 2 aromatic rings. The van der Waals surface area contributed by atoms with Crippen LogP contribution in [0.4, 0.5) is 11.4 Å². The van der Waals surface area contributed by atoms with E-state index in [1.165, 1.54) is 55.6 Å². The summed E-state index contributed by atoms with van der Waals surface area (Å²) in [5, 5.41) is 3.94. The maximum atomic E-state index is 14.0. The maximum absolute atomic E-state index is 14.0. The number of para-hydroxylation sites is 2. The molecule has 0 radical (unpaired) electrons. The SMILES string of the molecule is COC(=O)C1CC23CCOC2C2(CC4CC56CCOC5CCN5CCC7(c8cccc(OC)c8N(C2)C47)C56)CN2CCC4(c5ccccc5NC14)C23. The first-order chi connectivity index (χ1) is 25.4. The third-order valence-electron chi connectivity index (χ3n) is 18.0. The molecule has 1 N–H and O–H groups in total. The highest BCUT2D eigenvalue weighted by Gasteiger charge is 2.80. The molecule has 9 aliphatic heterocycles. The monoisotopic (exact) mass is 704 g/mol. The van der Waals surface area contributed by atoms with E-state index in [4.69, 9.17) is 18.9 Å². The lowest BCUT2D eigenvalue weighted by molar-refractivity contribution is -0.193. The molecule has 9 heterocycles. The van der Waals surface area contributed by atoms with Crippen molar-refractivity contribution in [1.29, 1.82) is 0 Å². The Morgan fingerprint density at radius 2 is 1.63 bits per heavy atom. The van der Waals surface area contributed by atoms with Gasteiger partial charge in [0.15, 0.2) is 0 Å². The number of carbonyl (C=O) groups is 1. The Hall–Kier alpha value is -2.85. The summed E-state index contributed by atoms with van der Waals surface area (Å²) in [6.45, 7) is 7.15. The van der Waals surface area contributed by atoms with Crippen molar-refractivity contribution in [2.24, 2.45) is 28.1 Å². The minimum absolute atomic E-state index is 0.0453. The van der Waals surface area contributed by atoms with Crippen molar-refractivity contribution in [2.45, 2.75) is 98.6 Å². The molecule has 0 amide bonds. The van der Waals surface area contributed by atoms with Gasteiger partial charge < -0.3 is 29.2 Å². The Morgan fingerprint density at radius 1 is 0.827 bits per heavy atom. The zero-order valence-corrected chi connectivity index (χ0v) is 30.6. The lowest BCUT2D eigenvalue weighted by Gasteiger charge is -2.69. The Labute approximate surface area is 306 Å². The van der Waals surface area contributed by atoms with Crippen LogP contribution >= 0.6 is 0 Å². The van der Waals surface area contributed by atoms with Crippen LogP contribution in [-0.4, -0.2) is 112 Å². The Balaban J connectivity index is 1.00. The maximum Gasteiger partial charge on any atom is 0.310 e. The van der Waals surface area contributed by atoms with Crippen LogP contribution < -0.4 is 15.0 Å². The average molecular weight is 705 g/mol. The minimum atomic E-state index is -0.211. The lowest BCUT2D eigenvalue weighted by Crippen LogP contribution is -2.78. The molecule has 274 valence electrons. The summed E-state index contributed by atoms with van der Waals surface area (Å²) in [5.41, 5.74) is 5.52. The fraction of sp³-hybridized carbons (Fsp3) is 0.698. The van der Waals surface area contributed by atoms with E-state index >= 15 is 0 Å². The number of hydrogen-bond acceptors (Lipinski definition) is 9. The van der Waals surface area contributed by atoms with Gasteiger partial charge in [0, 0.05) is 83.7 Å². The molecule has 5 spiro atoms. The number of hydrogen-bond donors (Lipinski definition) is 1. The van der Waals surface area contributed by atoms with Gasteiger partial charge in [-0.3, -0.25) is 14.6 Å². The number of rotatable bonds is 2. The first-order valence-corrected chi connectivity index (χ1v) is 20.5. The van der Waals surface area contributed by atoms with Crippen LogP contribution in [0, 0.1) is 28.1 Å². The highest BCUT2D eigenvalue weighted by atomic mass is 16.5. The van der Waals surface area contributed by atoms with E-state index in [0.717, 1.165) is 64.4 Å². The van der Waals surface area contributed by atoms with Crippen molar-refractivity contribution in [1.82, 2.24) is 9.80 Å². The fourth-order valence-electron chi connectivity index (χ4n) is 17.4. The Kier molecular flexibility index (Phi) is 5.67. The van der Waals surface area contributed by atoms with Crippen molar-refractivity contribution in [3.8, 4) is 5.75 Å². The van der Waals surface area contributed by atoms with Gasteiger partial charge in [-0.2, -0.15) is 0 Å². The quantitative estimate of drug-likeness (QED) is 0.453. The summed E-state index contributed by atoms with van der Waals surface area (Å²) in [4.78, 5) is 22.8. The van der Waals surface area contributed by atoms with Crippen LogP contribution in [0.25, 0.3) is 0 Å². The van der Waals surface area contributed by atoms with E-state index in [0.29, 0.717) is 30.1 Å². The minimum Gasteiger partial charge on any atom is -0.495 e. The smallest absolute Gasteiger partial charge is 0.310 e. The molecule has 9 heteroatoms. The number of carbonyl (C=O) groups excluding carboxylic acids is 1. The second-order valence-electron chi connectivity index (χ2n) is 19.2. The van der Waals surface area contributed by atoms with Crippen LogP contribution in [0.3, 0.4) is 0 Å². The van der Waals surface area contributed by atoms with Gasteiger partial charge in [0.1, 0.15) is 5.75 Å². The molecule has 9 nitrogen and oxygen atoms in total. The number of methoxy groups -OCH3 is 2. The number of nitrogens with zero attached hydrogens (tertiary/aromatic N) is 3. The van der Waals surface area contributed by atoms with Gasteiger partial charge in [0.05, 0.1) is 44.1 Å². The normalized spacial score (nSPS) is 49.6. The molecule has 11 aliphatic rings. The van der Waals surface area contributed by atoms with Crippen molar-refractivity contribution in [3.05, 3.63) is 53.6 Å². The zero-order chi connectivity index (χ0) is 34.4. The van der Waals surface area contributed by atoms with E-state index in [-0.39, 0.29) is 51.1 Å². The molecular formula is C43H52N4O5. The summed E-state index contributed by atoms with van der Waals surface area (Å²) >= 11 is 0. The summed E-state index contributed by atoms with van der Waals surface area (Å²) < 4.78 is 26.1. The number of benzene rings is 2. The third-order valence-corrected chi connectivity index (χ3v) is 18.0. The number of ether oxygens (including phenoxy) is 4. The summed E-state index contributed by atoms with van der Waals surface area (Å²) in [6.07, 6.45) is 9.38. The van der Waals surface area contributed by atoms with Gasteiger partial charge in [0.2, 0.25) is 0 Å². The number of nitrogens with one attached hydrogen (secondary N) is 1. The van der Waals surface area contributed by atoms with Crippen LogP contribution in [0.2, 0.25) is 0 Å². The van der Waals surface area contributed by atoms with Gasteiger partial charge in [-0.05, 0) is 93.6 Å². The van der Waals surface area contributed by atoms with Gasteiger partial charge in [0.25, 0.3) is 0 Å². The van der Waals surface area contributed by atoms with Crippen molar-refractivity contribution < 1.29 is 23.7 Å². The number of fused-ring (bicyclic) bond motifs is 4. The lowest BCUT2D eigenvalue weighted by atomic mass is 9.43. The number of esters is 1. The second-order valence-corrected chi connectivity index (χ2v) is 19.2. The standard InChI is InChI=1S/C43H52N4O5/c1-49-30-9-5-7-28-32(30)47-24-39(20-25-21-40-13-18-51-31(40)10-15-45-16-12-43(28,34(25)47)36(40)45)23-46-17-11-42-27-6-3-4-8-29(27)44-33(42)26(35(48)50-2)22-41(37(42)46)14-19-52-38(39)41/h3-9,25-26,31,33-34,36-38,44H,10-24H2,1-2H3. The molecule has 52 heavy (non-hydrogen) atoms. The summed E-state index contributed by atoms with van der Waals surface area (Å²) in [5.74, 6) is 1.31. The summed E-state index contributed by atoms with van der Waals surface area (Å²) in [6, 6.07) is 17.3. The molecule has 0 aromatic heterocycles. The molecule has 2 aromatic carbocycles. The largest absolute Gasteiger partial charge is 0.495 e. The van der Waals surface area contributed by atoms with Crippen molar-refractivity contribution in [2.75, 3.05) is 70.4 Å². The van der Waals surface area contributed by atoms with Crippen molar-refractivity contribution >= 4 is 17.3 Å². The van der Waals surface area contributed by atoms with E-state index in [1.807, 2.05) is 7.11 Å². The van der Waals surface area contributed by atoms with E-state index < -0.39 is 0 Å². The molecule has 7 saturated heterocycles. The third kappa shape index (κ3) is 3.09. The van der Waals surface area contributed by atoms with Crippen LogP contribution in [0.1, 0.15) is 62.5 Å². The molecule has 13 unspecified atom stereocenters. The molecule has 13 atom stereocenters. The number of anilines is 2. The van der Waals surface area contributed by atoms with Gasteiger partial charge >= 0.3 is 5.97 Å². The Morgan fingerprint density at radius 3 is 2.54 bits per heavy atom. The highest BCUT2D eigenvalue weighted by Crippen LogP contribution is 2.75. The Bertz CT molecular complexity index is 1920. The van der Waals surface area contributed by atoms with Crippen molar-refractivity contribution in [3.63, 3.8) is 0 Å². The first kappa shape index (κ1) is 30.5. The van der Waals surface area contributed by atoms with Gasteiger partial charge in [-0.15, -0.1) is 0 Å². The van der Waals surface area contributed by atoms with E-state index in [9.17, 15) is 4.79 Å². The van der Waals surface area contributed by atoms with Crippen LogP contribution in [-0.2, 0) is 29.8 Å². The number of piperidine rings is 3. The molecular weight excluding hydrogens is 652 g/mol. The predicted molar refractivity (Wildman–Crippen MR) is 195 cm³/mol. The average Bonchev–Trinajstić information content (AvgIpc) is 4.02. The first-order valence-electron chi connectivity index (χ1n) is 20.5. The molecule has 13 rings (SSSR count). The topological polar surface area (TPSA) is 75.7 Å². The molecule has 2 saturated carbocycles. The van der Waals surface area contributed by atoms with E-state index in [2.05, 4.69) is 62.5 Å². The van der Waals surface area contributed by atoms with E-state index in [1.54, 1.807) is 12.7 Å². The summed E-state index contributed by atoms with van der Waals surface area (Å²) in [7, 11) is 3.46.